The third-order valence-corrected chi connectivity index (χ3v) is 2.04. The van der Waals surface area contributed by atoms with Crippen LogP contribution < -0.4 is 0 Å². The lowest BCUT2D eigenvalue weighted by molar-refractivity contribution is -0.116. The molecule has 0 aliphatic carbocycles. The summed E-state index contributed by atoms with van der Waals surface area (Å²) in [5, 5.41) is 0. The molecule has 0 saturated carbocycles. The molecule has 0 fully saturated rings. The molecular formula is C12H17NO. The van der Waals surface area contributed by atoms with E-state index >= 15 is 0 Å². The minimum absolute atomic E-state index is 0.219. The first-order valence-corrected chi connectivity index (χ1v) is 4.80. The monoisotopic (exact) mass is 191 g/mol. The van der Waals surface area contributed by atoms with Crippen LogP contribution in [0.25, 0.3) is 0 Å². The molecule has 0 spiro atoms. The van der Waals surface area contributed by atoms with Crippen molar-refractivity contribution in [3.05, 3.63) is 35.4 Å². The summed E-state index contributed by atoms with van der Waals surface area (Å²) < 4.78 is 0. The van der Waals surface area contributed by atoms with Gasteiger partial charge in [0.15, 0.2) is 0 Å². The highest BCUT2D eigenvalue weighted by atomic mass is 16.1. The van der Waals surface area contributed by atoms with E-state index in [0.717, 1.165) is 12.1 Å². The summed E-state index contributed by atoms with van der Waals surface area (Å²) in [5.41, 5.74) is 2.39. The van der Waals surface area contributed by atoms with E-state index in [-0.39, 0.29) is 5.78 Å². The third kappa shape index (κ3) is 3.30. The van der Waals surface area contributed by atoms with Gasteiger partial charge in [0.05, 0.1) is 0 Å². The summed E-state index contributed by atoms with van der Waals surface area (Å²) in [6, 6.07) is 8.11. The van der Waals surface area contributed by atoms with Crippen molar-refractivity contribution in [2.45, 2.75) is 19.9 Å². The highest BCUT2D eigenvalue weighted by Crippen LogP contribution is 2.11. The van der Waals surface area contributed by atoms with Gasteiger partial charge in [-0.25, -0.2) is 0 Å². The van der Waals surface area contributed by atoms with Gasteiger partial charge in [0.2, 0.25) is 0 Å². The van der Waals surface area contributed by atoms with Crippen molar-refractivity contribution < 1.29 is 4.79 Å². The number of ketones is 1. The Hall–Kier alpha value is -1.15. The molecule has 0 bridgehead atoms. The van der Waals surface area contributed by atoms with Gasteiger partial charge in [0.1, 0.15) is 5.78 Å². The summed E-state index contributed by atoms with van der Waals surface area (Å²) in [6.07, 6.45) is 0.546. The Labute approximate surface area is 85.5 Å². The smallest absolute Gasteiger partial charge is 0.134 e. The number of nitrogens with zero attached hydrogens (tertiary/aromatic N) is 1. The Bertz CT molecular complexity index is 318. The molecule has 0 heterocycles. The van der Waals surface area contributed by atoms with Gasteiger partial charge in [-0.2, -0.15) is 0 Å². The third-order valence-electron chi connectivity index (χ3n) is 2.04. The molecule has 2 heteroatoms. The van der Waals surface area contributed by atoms with Crippen molar-refractivity contribution in [2.24, 2.45) is 0 Å². The zero-order valence-electron chi connectivity index (χ0n) is 9.08. The first-order chi connectivity index (χ1) is 6.59. The quantitative estimate of drug-likeness (QED) is 0.724. The normalized spacial score (nSPS) is 10.6. The minimum Gasteiger partial charge on any atom is -0.305 e. The van der Waals surface area contributed by atoms with Crippen molar-refractivity contribution in [3.8, 4) is 0 Å². The average Bonchev–Trinajstić information content (AvgIpc) is 2.06. The lowest BCUT2D eigenvalue weighted by atomic mass is 10.0. The van der Waals surface area contributed by atoms with Crippen molar-refractivity contribution in [3.63, 3.8) is 0 Å². The van der Waals surface area contributed by atoms with Crippen LogP contribution >= 0.6 is 0 Å². The lowest BCUT2D eigenvalue weighted by Gasteiger charge is -2.13. The van der Waals surface area contributed by atoms with E-state index in [1.165, 1.54) is 5.56 Å². The van der Waals surface area contributed by atoms with Crippen molar-refractivity contribution in [1.29, 1.82) is 0 Å². The van der Waals surface area contributed by atoms with Gasteiger partial charge in [-0.1, -0.05) is 24.3 Å². The van der Waals surface area contributed by atoms with Gasteiger partial charge in [0, 0.05) is 13.0 Å². The Morgan fingerprint density at radius 3 is 2.29 bits per heavy atom. The molecule has 0 unspecified atom stereocenters. The van der Waals surface area contributed by atoms with Gasteiger partial charge < -0.3 is 4.90 Å². The molecule has 1 rings (SSSR count). The molecule has 1 aromatic carbocycles. The molecule has 0 N–H and O–H groups in total. The number of Topliss-reactive ketones (excluding diaryl/α,β-unsaturated/α-hetero) is 1. The molecular weight excluding hydrogens is 174 g/mol. The summed E-state index contributed by atoms with van der Waals surface area (Å²) in [4.78, 5) is 13.1. The summed E-state index contributed by atoms with van der Waals surface area (Å²) >= 11 is 0. The second-order valence-electron chi connectivity index (χ2n) is 3.89. The molecule has 0 amide bonds. The summed E-state index contributed by atoms with van der Waals surface area (Å²) in [5.74, 6) is 0.219. The maximum absolute atomic E-state index is 11.0. The second-order valence-corrected chi connectivity index (χ2v) is 3.89. The predicted octanol–water partition coefficient (Wildman–Crippen LogP) is 1.88. The zero-order chi connectivity index (χ0) is 10.6. The van der Waals surface area contributed by atoms with Crippen molar-refractivity contribution in [1.82, 2.24) is 4.90 Å². The van der Waals surface area contributed by atoms with Crippen molar-refractivity contribution in [2.75, 3.05) is 14.1 Å². The van der Waals surface area contributed by atoms with Crippen molar-refractivity contribution >= 4 is 5.78 Å². The number of benzene rings is 1. The standard InChI is InChI=1S/C12H17NO/c1-10(14)8-11-6-4-5-7-12(11)9-13(2)3/h4-7H,8-9H2,1-3H3. The molecule has 76 valence electrons. The first kappa shape index (κ1) is 10.9. The maximum Gasteiger partial charge on any atom is 0.134 e. The first-order valence-electron chi connectivity index (χ1n) is 4.80. The van der Waals surface area contributed by atoms with E-state index in [4.69, 9.17) is 0 Å². The Kier molecular flexibility index (Phi) is 3.84. The fourth-order valence-electron chi connectivity index (χ4n) is 1.49. The van der Waals surface area contributed by atoms with Crippen LogP contribution in [-0.2, 0) is 17.8 Å². The molecule has 0 saturated heterocycles. The van der Waals surface area contributed by atoms with E-state index in [0.29, 0.717) is 6.42 Å². The number of carbonyl (C=O) groups is 1. The van der Waals surface area contributed by atoms with Gasteiger partial charge in [-0.3, -0.25) is 4.79 Å². The van der Waals surface area contributed by atoms with Crippen LogP contribution in [0.15, 0.2) is 24.3 Å². The van der Waals surface area contributed by atoms with E-state index < -0.39 is 0 Å². The molecule has 0 aromatic heterocycles. The summed E-state index contributed by atoms with van der Waals surface area (Å²) in [7, 11) is 4.06. The van der Waals surface area contributed by atoms with Crippen LogP contribution in [0.1, 0.15) is 18.1 Å². The van der Waals surface area contributed by atoms with Crippen LogP contribution in [0.2, 0.25) is 0 Å². The molecule has 2 nitrogen and oxygen atoms in total. The van der Waals surface area contributed by atoms with Crippen LogP contribution in [0, 0.1) is 0 Å². The highest BCUT2D eigenvalue weighted by molar-refractivity contribution is 5.78. The SMILES string of the molecule is CC(=O)Cc1ccccc1CN(C)C. The van der Waals surface area contributed by atoms with Crippen LogP contribution in [-0.4, -0.2) is 24.8 Å². The second kappa shape index (κ2) is 4.91. The van der Waals surface area contributed by atoms with E-state index in [2.05, 4.69) is 11.0 Å². The fraction of sp³-hybridized carbons (Fsp3) is 0.417. The molecule has 0 atom stereocenters. The number of hydrogen-bond acceptors (Lipinski definition) is 2. The van der Waals surface area contributed by atoms with Gasteiger partial charge in [-0.15, -0.1) is 0 Å². The van der Waals surface area contributed by atoms with Gasteiger partial charge in [-0.05, 0) is 32.1 Å². The number of rotatable bonds is 4. The van der Waals surface area contributed by atoms with Gasteiger partial charge >= 0.3 is 0 Å². The average molecular weight is 191 g/mol. The lowest BCUT2D eigenvalue weighted by Crippen LogP contribution is -2.13. The topological polar surface area (TPSA) is 20.3 Å². The largest absolute Gasteiger partial charge is 0.305 e. The predicted molar refractivity (Wildman–Crippen MR) is 58.2 cm³/mol. The number of carbonyl (C=O) groups excluding carboxylic acids is 1. The summed E-state index contributed by atoms with van der Waals surface area (Å²) in [6.45, 7) is 2.52. The molecule has 0 aliphatic heterocycles. The van der Waals surface area contributed by atoms with E-state index in [9.17, 15) is 4.79 Å². The molecule has 0 radical (unpaired) electrons. The maximum atomic E-state index is 11.0. The minimum atomic E-state index is 0.219. The van der Waals surface area contributed by atoms with Crippen LogP contribution in [0.5, 0.6) is 0 Å². The molecule has 0 aliphatic rings. The van der Waals surface area contributed by atoms with E-state index in [1.54, 1.807) is 6.92 Å². The highest BCUT2D eigenvalue weighted by Gasteiger charge is 2.04. The van der Waals surface area contributed by atoms with Crippen LogP contribution in [0.4, 0.5) is 0 Å². The zero-order valence-corrected chi connectivity index (χ0v) is 9.08. The molecule has 14 heavy (non-hydrogen) atoms. The number of hydrogen-bond donors (Lipinski definition) is 0. The van der Waals surface area contributed by atoms with E-state index in [1.807, 2.05) is 32.3 Å². The fourth-order valence-corrected chi connectivity index (χ4v) is 1.49. The Balaban J connectivity index is 2.85. The Morgan fingerprint density at radius 2 is 1.79 bits per heavy atom. The van der Waals surface area contributed by atoms with Crippen LogP contribution in [0.3, 0.4) is 0 Å². The van der Waals surface area contributed by atoms with Gasteiger partial charge in [0.25, 0.3) is 0 Å². The Morgan fingerprint density at radius 1 is 1.21 bits per heavy atom. The molecule has 1 aromatic rings.